The van der Waals surface area contributed by atoms with Crippen molar-refractivity contribution in [3.8, 4) is 0 Å². The van der Waals surface area contributed by atoms with E-state index < -0.39 is 0 Å². The van der Waals surface area contributed by atoms with Gasteiger partial charge in [0.1, 0.15) is 0 Å². The summed E-state index contributed by atoms with van der Waals surface area (Å²) in [5.41, 5.74) is 3.44. The van der Waals surface area contributed by atoms with Gasteiger partial charge in [0.05, 0.1) is 12.7 Å². The van der Waals surface area contributed by atoms with Gasteiger partial charge in [-0.15, -0.1) is 0 Å². The molecule has 0 spiro atoms. The first-order chi connectivity index (χ1) is 16.1. The van der Waals surface area contributed by atoms with Gasteiger partial charge in [-0.05, 0) is 49.6 Å². The van der Waals surface area contributed by atoms with Crippen LogP contribution in [-0.2, 0) is 9.53 Å². The van der Waals surface area contributed by atoms with Crippen molar-refractivity contribution in [1.29, 1.82) is 0 Å². The van der Waals surface area contributed by atoms with E-state index in [1.54, 1.807) is 12.4 Å². The third-order valence-electron chi connectivity index (χ3n) is 5.20. The van der Waals surface area contributed by atoms with Gasteiger partial charge in [-0.2, -0.15) is 0 Å². The predicted molar refractivity (Wildman–Crippen MR) is 129 cm³/mol. The highest BCUT2D eigenvalue weighted by atomic mass is 16.5. The number of unbranched alkanes of at least 4 members (excludes halogenated alkanes) is 3. The van der Waals surface area contributed by atoms with Crippen LogP contribution in [0.4, 0.5) is 17.3 Å². The molecule has 0 saturated heterocycles. The quantitative estimate of drug-likeness (QED) is 0.326. The van der Waals surface area contributed by atoms with Crippen molar-refractivity contribution in [2.45, 2.75) is 39.0 Å². The van der Waals surface area contributed by atoms with E-state index >= 15 is 0 Å². The van der Waals surface area contributed by atoms with Crippen LogP contribution in [0.15, 0.2) is 67.0 Å². The van der Waals surface area contributed by atoms with Crippen LogP contribution in [-0.4, -0.2) is 35.5 Å². The Balaban J connectivity index is 1.59. The molecule has 3 aromatic rings. The predicted octanol–water partition coefficient (Wildman–Crippen LogP) is 5.11. The molecule has 1 heterocycles. The van der Waals surface area contributed by atoms with Crippen LogP contribution >= 0.6 is 0 Å². The van der Waals surface area contributed by atoms with Crippen LogP contribution in [0.2, 0.25) is 0 Å². The second kappa shape index (κ2) is 12.3. The number of carbonyl (C=O) groups excluding carboxylic acids is 2. The van der Waals surface area contributed by atoms with Crippen molar-refractivity contribution in [3.05, 3.63) is 78.1 Å². The molecule has 0 aliphatic heterocycles. The zero-order valence-electron chi connectivity index (χ0n) is 19.2. The van der Waals surface area contributed by atoms with E-state index in [0.717, 1.165) is 42.6 Å². The number of hydrogen-bond acceptors (Lipinski definition) is 6. The van der Waals surface area contributed by atoms with Gasteiger partial charge in [0, 0.05) is 36.7 Å². The number of para-hydroxylation sites is 1. The number of amides is 1. The third-order valence-corrected chi connectivity index (χ3v) is 5.20. The van der Waals surface area contributed by atoms with E-state index in [0.29, 0.717) is 24.5 Å². The summed E-state index contributed by atoms with van der Waals surface area (Å²) in [5, 5.41) is 2.91. The van der Waals surface area contributed by atoms with E-state index in [-0.39, 0.29) is 11.9 Å². The number of rotatable bonds is 11. The normalized spacial score (nSPS) is 10.5. The number of nitrogens with one attached hydrogen (secondary N) is 1. The molecule has 0 aliphatic carbocycles. The largest absolute Gasteiger partial charge is 0.469 e. The van der Waals surface area contributed by atoms with Crippen molar-refractivity contribution in [1.82, 2.24) is 15.3 Å². The molecule has 172 valence electrons. The van der Waals surface area contributed by atoms with Crippen LogP contribution < -0.4 is 10.2 Å². The molecule has 0 unspecified atom stereocenters. The molecule has 1 amide bonds. The molecular formula is C26H30N4O3. The first-order valence-corrected chi connectivity index (χ1v) is 11.2. The minimum atomic E-state index is -0.196. The molecule has 3 rings (SSSR count). The number of aryl methyl sites for hydroxylation is 1. The summed E-state index contributed by atoms with van der Waals surface area (Å²) in [7, 11) is 1.40. The number of nitrogens with zero attached hydrogens (tertiary/aromatic N) is 3. The summed E-state index contributed by atoms with van der Waals surface area (Å²) in [6.07, 6.45) is 7.07. The van der Waals surface area contributed by atoms with Gasteiger partial charge in [0.25, 0.3) is 5.91 Å². The lowest BCUT2D eigenvalue weighted by molar-refractivity contribution is -0.140. The fourth-order valence-electron chi connectivity index (χ4n) is 3.43. The number of esters is 1. The number of anilines is 3. The molecule has 1 N–H and O–H groups in total. The number of benzene rings is 2. The second-order valence-electron chi connectivity index (χ2n) is 7.78. The van der Waals surface area contributed by atoms with Crippen molar-refractivity contribution >= 4 is 29.2 Å². The fourth-order valence-corrected chi connectivity index (χ4v) is 3.43. The highest BCUT2D eigenvalue weighted by molar-refractivity contribution is 5.93. The maximum Gasteiger partial charge on any atom is 0.305 e. The molecule has 0 aliphatic rings. The Morgan fingerprint density at radius 1 is 0.909 bits per heavy atom. The zero-order valence-corrected chi connectivity index (χ0v) is 19.2. The van der Waals surface area contributed by atoms with E-state index in [1.807, 2.05) is 60.4 Å². The summed E-state index contributed by atoms with van der Waals surface area (Å²) < 4.78 is 4.63. The van der Waals surface area contributed by atoms with Crippen LogP contribution in [0.3, 0.4) is 0 Å². The molecule has 1 aromatic heterocycles. The molecule has 7 heteroatoms. The topological polar surface area (TPSA) is 84.4 Å². The maximum atomic E-state index is 12.5. The molecule has 0 bridgehead atoms. The molecular weight excluding hydrogens is 416 g/mol. The molecule has 0 atom stereocenters. The van der Waals surface area contributed by atoms with E-state index in [1.165, 1.54) is 7.11 Å². The monoisotopic (exact) mass is 446 g/mol. The minimum Gasteiger partial charge on any atom is -0.469 e. The molecule has 0 saturated carbocycles. The van der Waals surface area contributed by atoms with E-state index in [2.05, 4.69) is 26.1 Å². The molecule has 0 fully saturated rings. The lowest BCUT2D eigenvalue weighted by Crippen LogP contribution is -2.25. The summed E-state index contributed by atoms with van der Waals surface area (Å²) in [6, 6.07) is 18.0. The lowest BCUT2D eigenvalue weighted by atomic mass is 10.1. The van der Waals surface area contributed by atoms with Crippen molar-refractivity contribution in [2.75, 3.05) is 18.6 Å². The highest BCUT2D eigenvalue weighted by Gasteiger charge is 2.16. The number of methoxy groups -OCH3 is 1. The Labute approximate surface area is 194 Å². The van der Waals surface area contributed by atoms with Gasteiger partial charge in [0.2, 0.25) is 5.95 Å². The fraction of sp³-hybridized carbons (Fsp3) is 0.308. The molecule has 33 heavy (non-hydrogen) atoms. The molecule has 7 nitrogen and oxygen atoms in total. The van der Waals surface area contributed by atoms with Gasteiger partial charge in [-0.1, -0.05) is 43.2 Å². The van der Waals surface area contributed by atoms with Crippen LogP contribution in [0.25, 0.3) is 0 Å². The smallest absolute Gasteiger partial charge is 0.305 e. The van der Waals surface area contributed by atoms with Gasteiger partial charge in [0.15, 0.2) is 0 Å². The zero-order chi connectivity index (χ0) is 23.5. The van der Waals surface area contributed by atoms with Gasteiger partial charge in [-0.3, -0.25) is 14.5 Å². The van der Waals surface area contributed by atoms with E-state index in [4.69, 9.17) is 0 Å². The van der Waals surface area contributed by atoms with Crippen molar-refractivity contribution in [3.63, 3.8) is 0 Å². The average molecular weight is 447 g/mol. The van der Waals surface area contributed by atoms with Crippen LogP contribution in [0, 0.1) is 6.92 Å². The second-order valence-corrected chi connectivity index (χ2v) is 7.78. The Bertz CT molecular complexity index is 1040. The average Bonchev–Trinajstić information content (AvgIpc) is 2.84. The van der Waals surface area contributed by atoms with Crippen LogP contribution in [0.5, 0.6) is 0 Å². The SMILES string of the molecule is COC(=O)CCCCCCNC(=O)c1cnc(N(c2ccccc2)c2cccc(C)c2)nc1. The first kappa shape index (κ1) is 23.9. The number of carbonyl (C=O) groups is 2. The molecule has 0 radical (unpaired) electrons. The highest BCUT2D eigenvalue weighted by Crippen LogP contribution is 2.31. The minimum absolute atomic E-state index is 0.181. The number of hydrogen-bond donors (Lipinski definition) is 1. The maximum absolute atomic E-state index is 12.5. The van der Waals surface area contributed by atoms with E-state index in [9.17, 15) is 9.59 Å². The first-order valence-electron chi connectivity index (χ1n) is 11.2. The Hall–Kier alpha value is -3.74. The third kappa shape index (κ3) is 7.14. The summed E-state index contributed by atoms with van der Waals surface area (Å²) in [6.45, 7) is 2.61. The summed E-state index contributed by atoms with van der Waals surface area (Å²) in [4.78, 5) is 34.5. The molecule has 2 aromatic carbocycles. The Kier molecular flexibility index (Phi) is 8.94. The number of aromatic nitrogens is 2. The van der Waals surface area contributed by atoms with Crippen LogP contribution in [0.1, 0.15) is 48.0 Å². The van der Waals surface area contributed by atoms with Gasteiger partial charge < -0.3 is 10.1 Å². The lowest BCUT2D eigenvalue weighted by Gasteiger charge is -2.23. The standard InChI is InChI=1S/C26H30N4O3/c1-20-11-10-14-23(17-20)30(22-12-6-5-7-13-22)26-28-18-21(19-29-26)25(32)27-16-9-4-3-8-15-24(31)33-2/h5-7,10-14,17-19H,3-4,8-9,15-16H2,1-2H3,(H,27,32). The van der Waals surface area contributed by atoms with Gasteiger partial charge in [-0.25, -0.2) is 9.97 Å². The Morgan fingerprint density at radius 3 is 2.30 bits per heavy atom. The number of ether oxygens (including phenoxy) is 1. The van der Waals surface area contributed by atoms with Crippen molar-refractivity contribution in [2.24, 2.45) is 0 Å². The summed E-state index contributed by atoms with van der Waals surface area (Å²) in [5.74, 6) is 0.117. The Morgan fingerprint density at radius 2 is 1.61 bits per heavy atom. The van der Waals surface area contributed by atoms with Gasteiger partial charge >= 0.3 is 5.97 Å². The van der Waals surface area contributed by atoms with Crippen molar-refractivity contribution < 1.29 is 14.3 Å². The summed E-state index contributed by atoms with van der Waals surface area (Å²) >= 11 is 0.